The first-order valence-electron chi connectivity index (χ1n) is 10.4. The molecule has 0 aliphatic carbocycles. The van der Waals surface area contributed by atoms with Crippen molar-refractivity contribution in [3.05, 3.63) is 89.7 Å². The molecular formula is C26H23NO5. The van der Waals surface area contributed by atoms with E-state index < -0.39 is 0 Å². The largest absolute Gasteiger partial charge is 0.494 e. The lowest BCUT2D eigenvalue weighted by molar-refractivity contribution is 0.101. The molecule has 0 aliphatic heterocycles. The number of hydrogen-bond acceptors (Lipinski definition) is 5. The van der Waals surface area contributed by atoms with Crippen LogP contribution >= 0.6 is 0 Å². The van der Waals surface area contributed by atoms with Gasteiger partial charge in [-0.05, 0) is 68.4 Å². The summed E-state index contributed by atoms with van der Waals surface area (Å²) in [4.78, 5) is 26.3. The number of anilines is 1. The minimum absolute atomic E-state index is 0.0738. The molecule has 0 atom stereocenters. The Bertz CT molecular complexity index is 1260. The molecule has 32 heavy (non-hydrogen) atoms. The fourth-order valence-electron chi connectivity index (χ4n) is 3.41. The number of carbonyl (C=O) groups is 2. The highest BCUT2D eigenvalue weighted by atomic mass is 16.5. The Morgan fingerprint density at radius 2 is 1.53 bits per heavy atom. The summed E-state index contributed by atoms with van der Waals surface area (Å²) < 4.78 is 16.8. The Labute approximate surface area is 185 Å². The van der Waals surface area contributed by atoms with Gasteiger partial charge in [-0.15, -0.1) is 0 Å². The average Bonchev–Trinajstić information content (AvgIpc) is 3.18. The van der Waals surface area contributed by atoms with E-state index in [4.69, 9.17) is 13.9 Å². The fourth-order valence-corrected chi connectivity index (χ4v) is 3.41. The molecule has 0 saturated carbocycles. The van der Waals surface area contributed by atoms with Crippen LogP contribution < -0.4 is 14.8 Å². The third-order valence-corrected chi connectivity index (χ3v) is 4.87. The number of rotatable bonds is 8. The van der Waals surface area contributed by atoms with Crippen molar-refractivity contribution >= 4 is 28.3 Å². The van der Waals surface area contributed by atoms with Gasteiger partial charge in [0.05, 0.1) is 18.9 Å². The van der Waals surface area contributed by atoms with Crippen LogP contribution in [0.4, 0.5) is 5.69 Å². The van der Waals surface area contributed by atoms with Crippen molar-refractivity contribution in [2.45, 2.75) is 13.8 Å². The highest BCUT2D eigenvalue weighted by Crippen LogP contribution is 2.33. The molecular weight excluding hydrogens is 406 g/mol. The Morgan fingerprint density at radius 1 is 0.812 bits per heavy atom. The van der Waals surface area contributed by atoms with Gasteiger partial charge < -0.3 is 19.2 Å². The zero-order chi connectivity index (χ0) is 22.5. The van der Waals surface area contributed by atoms with E-state index in [0.717, 1.165) is 0 Å². The molecule has 4 aromatic rings. The highest BCUT2D eigenvalue weighted by molar-refractivity contribution is 6.18. The first kappa shape index (κ1) is 21.2. The van der Waals surface area contributed by atoms with Crippen molar-refractivity contribution < 1.29 is 23.5 Å². The molecule has 0 bridgehead atoms. The summed E-state index contributed by atoms with van der Waals surface area (Å²) in [5.74, 6) is 0.658. The standard InChI is InChI=1S/C26H23NO5/c1-3-30-19-14-12-17(13-15-19)24(28)25-23(21-10-5-6-11-22(21)32-25)27-26(29)18-8-7-9-20(16-18)31-4-2/h5-16H,3-4H2,1-2H3,(H,27,29). The van der Waals surface area contributed by atoms with Crippen molar-refractivity contribution in [3.63, 3.8) is 0 Å². The Kier molecular flexibility index (Phi) is 6.22. The highest BCUT2D eigenvalue weighted by Gasteiger charge is 2.24. The molecule has 6 nitrogen and oxygen atoms in total. The summed E-state index contributed by atoms with van der Waals surface area (Å²) in [5.41, 5.74) is 1.70. The Hall–Kier alpha value is -4.06. The molecule has 0 radical (unpaired) electrons. The second-order valence-electron chi connectivity index (χ2n) is 7.00. The summed E-state index contributed by atoms with van der Waals surface area (Å²) in [5, 5.41) is 3.52. The van der Waals surface area contributed by atoms with Crippen molar-refractivity contribution in [2.75, 3.05) is 18.5 Å². The number of hydrogen-bond donors (Lipinski definition) is 1. The zero-order valence-corrected chi connectivity index (χ0v) is 17.9. The first-order chi connectivity index (χ1) is 15.6. The van der Waals surface area contributed by atoms with E-state index in [1.54, 1.807) is 60.7 Å². The molecule has 162 valence electrons. The van der Waals surface area contributed by atoms with E-state index in [9.17, 15) is 9.59 Å². The Balaban J connectivity index is 1.69. The molecule has 0 fully saturated rings. The van der Waals surface area contributed by atoms with Crippen LogP contribution in [0.2, 0.25) is 0 Å². The van der Waals surface area contributed by atoms with Gasteiger partial charge in [-0.3, -0.25) is 9.59 Å². The zero-order valence-electron chi connectivity index (χ0n) is 17.9. The summed E-state index contributed by atoms with van der Waals surface area (Å²) in [6.07, 6.45) is 0. The van der Waals surface area contributed by atoms with Gasteiger partial charge >= 0.3 is 0 Å². The summed E-state index contributed by atoms with van der Waals surface area (Å²) >= 11 is 0. The second-order valence-corrected chi connectivity index (χ2v) is 7.00. The third-order valence-electron chi connectivity index (χ3n) is 4.87. The lowest BCUT2D eigenvalue weighted by Crippen LogP contribution is -2.14. The van der Waals surface area contributed by atoms with Crippen LogP contribution in [0.5, 0.6) is 11.5 Å². The quantitative estimate of drug-likeness (QED) is 0.363. The first-order valence-corrected chi connectivity index (χ1v) is 10.4. The van der Waals surface area contributed by atoms with Gasteiger partial charge in [-0.1, -0.05) is 18.2 Å². The predicted octanol–water partition coefficient (Wildman–Crippen LogP) is 5.71. The van der Waals surface area contributed by atoms with Crippen molar-refractivity contribution in [3.8, 4) is 11.5 Å². The molecule has 1 amide bonds. The smallest absolute Gasteiger partial charge is 0.255 e. The van der Waals surface area contributed by atoms with Gasteiger partial charge in [0.2, 0.25) is 5.78 Å². The van der Waals surface area contributed by atoms with Crippen molar-refractivity contribution in [1.29, 1.82) is 0 Å². The maximum absolute atomic E-state index is 13.3. The van der Waals surface area contributed by atoms with Gasteiger partial charge in [-0.25, -0.2) is 0 Å². The second kappa shape index (κ2) is 9.39. The molecule has 0 aliphatic rings. The van der Waals surface area contributed by atoms with Gasteiger partial charge in [0.25, 0.3) is 5.91 Å². The van der Waals surface area contributed by atoms with E-state index in [2.05, 4.69) is 5.32 Å². The molecule has 3 aromatic carbocycles. The average molecular weight is 429 g/mol. The Morgan fingerprint density at radius 3 is 2.28 bits per heavy atom. The van der Waals surface area contributed by atoms with Gasteiger partial charge in [0.1, 0.15) is 17.1 Å². The summed E-state index contributed by atoms with van der Waals surface area (Å²) in [6.45, 7) is 4.81. The SMILES string of the molecule is CCOc1ccc(C(=O)c2oc3ccccc3c2NC(=O)c2cccc(OCC)c2)cc1. The van der Waals surface area contributed by atoms with Crippen LogP contribution in [0, 0.1) is 0 Å². The minimum atomic E-state index is -0.362. The van der Waals surface area contributed by atoms with E-state index in [0.29, 0.717) is 52.5 Å². The number of benzene rings is 3. The van der Waals surface area contributed by atoms with E-state index in [1.807, 2.05) is 26.0 Å². The lowest BCUT2D eigenvalue weighted by atomic mass is 10.1. The minimum Gasteiger partial charge on any atom is -0.494 e. The summed E-state index contributed by atoms with van der Waals surface area (Å²) in [7, 11) is 0. The van der Waals surface area contributed by atoms with Crippen LogP contribution in [-0.2, 0) is 0 Å². The van der Waals surface area contributed by atoms with Crippen LogP contribution in [-0.4, -0.2) is 24.9 Å². The van der Waals surface area contributed by atoms with Gasteiger partial charge in [0.15, 0.2) is 5.76 Å². The maximum atomic E-state index is 13.3. The fraction of sp³-hybridized carbons (Fsp3) is 0.154. The van der Waals surface area contributed by atoms with Crippen LogP contribution in [0.25, 0.3) is 11.0 Å². The number of fused-ring (bicyclic) bond motifs is 1. The number of furan rings is 1. The van der Waals surface area contributed by atoms with Gasteiger partial charge in [-0.2, -0.15) is 0 Å². The predicted molar refractivity (Wildman–Crippen MR) is 123 cm³/mol. The molecule has 1 N–H and O–H groups in total. The molecule has 0 unspecified atom stereocenters. The van der Waals surface area contributed by atoms with E-state index in [-0.39, 0.29) is 17.5 Å². The molecule has 0 spiro atoms. The molecule has 4 rings (SSSR count). The summed E-state index contributed by atoms with van der Waals surface area (Å²) in [6, 6.07) is 20.9. The van der Waals surface area contributed by atoms with Crippen LogP contribution in [0.15, 0.2) is 77.2 Å². The van der Waals surface area contributed by atoms with E-state index in [1.165, 1.54) is 0 Å². The number of carbonyl (C=O) groups excluding carboxylic acids is 2. The molecule has 0 saturated heterocycles. The molecule has 1 aromatic heterocycles. The number of nitrogens with one attached hydrogen (secondary N) is 1. The number of ether oxygens (including phenoxy) is 2. The van der Waals surface area contributed by atoms with Crippen LogP contribution in [0.3, 0.4) is 0 Å². The van der Waals surface area contributed by atoms with Crippen LogP contribution in [0.1, 0.15) is 40.3 Å². The van der Waals surface area contributed by atoms with Crippen molar-refractivity contribution in [2.24, 2.45) is 0 Å². The molecule has 1 heterocycles. The topological polar surface area (TPSA) is 77.8 Å². The monoisotopic (exact) mass is 429 g/mol. The lowest BCUT2D eigenvalue weighted by Gasteiger charge is -2.08. The van der Waals surface area contributed by atoms with Crippen molar-refractivity contribution in [1.82, 2.24) is 0 Å². The number of para-hydroxylation sites is 1. The maximum Gasteiger partial charge on any atom is 0.255 e. The third kappa shape index (κ3) is 4.34. The normalized spacial score (nSPS) is 10.7. The number of ketones is 1. The van der Waals surface area contributed by atoms with Gasteiger partial charge in [0, 0.05) is 16.5 Å². The number of amides is 1. The van der Waals surface area contributed by atoms with E-state index >= 15 is 0 Å². The molecule has 6 heteroatoms.